The second kappa shape index (κ2) is 6.86. The van der Waals surface area contributed by atoms with Gasteiger partial charge in [-0.05, 0) is 12.0 Å². The zero-order valence-electron chi connectivity index (χ0n) is 13.4. The SMILES string of the molecule is C=CCN1CC(C(=O)N2C(=O)OC[C@@H]2Cc2ccccc2)CC1=O. The van der Waals surface area contributed by atoms with Gasteiger partial charge in [0.05, 0.1) is 12.0 Å². The topological polar surface area (TPSA) is 66.9 Å². The van der Waals surface area contributed by atoms with E-state index in [1.807, 2.05) is 30.3 Å². The van der Waals surface area contributed by atoms with Crippen molar-refractivity contribution >= 4 is 17.9 Å². The van der Waals surface area contributed by atoms with E-state index in [0.29, 0.717) is 19.5 Å². The summed E-state index contributed by atoms with van der Waals surface area (Å²) in [6, 6.07) is 9.34. The largest absolute Gasteiger partial charge is 0.447 e. The quantitative estimate of drug-likeness (QED) is 0.770. The first kappa shape index (κ1) is 16.2. The molecule has 3 rings (SSSR count). The highest BCUT2D eigenvalue weighted by molar-refractivity contribution is 5.98. The fourth-order valence-electron chi connectivity index (χ4n) is 3.23. The van der Waals surface area contributed by atoms with E-state index in [2.05, 4.69) is 6.58 Å². The molecule has 0 saturated carbocycles. The summed E-state index contributed by atoms with van der Waals surface area (Å²) in [5, 5.41) is 0. The van der Waals surface area contributed by atoms with Crippen molar-refractivity contribution in [3.05, 3.63) is 48.6 Å². The average Bonchev–Trinajstić information content (AvgIpc) is 3.12. The number of amides is 3. The van der Waals surface area contributed by atoms with Gasteiger partial charge in [-0.15, -0.1) is 6.58 Å². The molecule has 3 amide bonds. The lowest BCUT2D eigenvalue weighted by atomic mass is 10.0. The van der Waals surface area contributed by atoms with Gasteiger partial charge in [0, 0.05) is 19.5 Å². The third kappa shape index (κ3) is 3.18. The lowest BCUT2D eigenvalue weighted by Crippen LogP contribution is -2.44. The molecule has 2 heterocycles. The molecule has 6 heteroatoms. The smallest absolute Gasteiger partial charge is 0.416 e. The molecule has 0 N–H and O–H groups in total. The summed E-state index contributed by atoms with van der Waals surface area (Å²) in [5.41, 5.74) is 1.04. The zero-order valence-corrected chi connectivity index (χ0v) is 13.4. The normalized spacial score (nSPS) is 23.5. The van der Waals surface area contributed by atoms with Crippen LogP contribution in [0.2, 0.25) is 0 Å². The molecule has 1 aromatic carbocycles. The van der Waals surface area contributed by atoms with Crippen LogP contribution in [-0.4, -0.2) is 53.4 Å². The molecule has 2 saturated heterocycles. The van der Waals surface area contributed by atoms with Crippen molar-refractivity contribution in [1.82, 2.24) is 9.80 Å². The minimum atomic E-state index is -0.615. The van der Waals surface area contributed by atoms with Crippen LogP contribution in [0.5, 0.6) is 0 Å². The molecule has 24 heavy (non-hydrogen) atoms. The van der Waals surface area contributed by atoms with Gasteiger partial charge in [-0.1, -0.05) is 36.4 Å². The molecule has 0 aromatic heterocycles. The van der Waals surface area contributed by atoms with Crippen molar-refractivity contribution in [1.29, 1.82) is 0 Å². The Labute approximate surface area is 140 Å². The molecule has 0 radical (unpaired) electrons. The number of ether oxygens (including phenoxy) is 1. The summed E-state index contributed by atoms with van der Waals surface area (Å²) < 4.78 is 5.08. The van der Waals surface area contributed by atoms with Gasteiger partial charge in [-0.25, -0.2) is 9.69 Å². The van der Waals surface area contributed by atoms with Crippen LogP contribution in [0.25, 0.3) is 0 Å². The number of benzene rings is 1. The highest BCUT2D eigenvalue weighted by atomic mass is 16.6. The first-order chi connectivity index (χ1) is 11.6. The molecule has 0 spiro atoms. The van der Waals surface area contributed by atoms with E-state index in [1.165, 1.54) is 4.90 Å². The van der Waals surface area contributed by atoms with E-state index in [9.17, 15) is 14.4 Å². The second-order valence-electron chi connectivity index (χ2n) is 6.12. The third-order valence-electron chi connectivity index (χ3n) is 4.43. The molecular weight excluding hydrogens is 308 g/mol. The van der Waals surface area contributed by atoms with Crippen molar-refractivity contribution in [2.75, 3.05) is 19.7 Å². The molecule has 2 fully saturated rings. The lowest BCUT2D eigenvalue weighted by Gasteiger charge is -2.22. The Balaban J connectivity index is 1.71. The van der Waals surface area contributed by atoms with Gasteiger partial charge >= 0.3 is 6.09 Å². The van der Waals surface area contributed by atoms with Crippen molar-refractivity contribution in [3.63, 3.8) is 0 Å². The minimum absolute atomic E-state index is 0.0829. The maximum atomic E-state index is 12.8. The molecule has 1 aromatic rings. The average molecular weight is 328 g/mol. The Kier molecular flexibility index (Phi) is 4.64. The van der Waals surface area contributed by atoms with Crippen molar-refractivity contribution in [2.45, 2.75) is 18.9 Å². The molecule has 0 aliphatic carbocycles. The predicted molar refractivity (Wildman–Crippen MR) is 87.0 cm³/mol. The Morgan fingerprint density at radius 2 is 2.04 bits per heavy atom. The molecule has 126 valence electrons. The second-order valence-corrected chi connectivity index (χ2v) is 6.12. The maximum Gasteiger partial charge on any atom is 0.416 e. The first-order valence-corrected chi connectivity index (χ1v) is 8.02. The Morgan fingerprint density at radius 1 is 1.29 bits per heavy atom. The van der Waals surface area contributed by atoms with E-state index in [-0.39, 0.29) is 30.9 Å². The van der Waals surface area contributed by atoms with Gasteiger partial charge in [0.1, 0.15) is 6.61 Å². The van der Waals surface area contributed by atoms with E-state index in [0.717, 1.165) is 5.56 Å². The van der Waals surface area contributed by atoms with Crippen LogP contribution in [0.1, 0.15) is 12.0 Å². The fourth-order valence-corrected chi connectivity index (χ4v) is 3.23. The van der Waals surface area contributed by atoms with Crippen molar-refractivity contribution in [2.24, 2.45) is 5.92 Å². The van der Waals surface area contributed by atoms with E-state index < -0.39 is 12.0 Å². The Hall–Kier alpha value is -2.63. The highest BCUT2D eigenvalue weighted by Crippen LogP contribution is 2.25. The van der Waals surface area contributed by atoms with E-state index in [4.69, 9.17) is 4.74 Å². The highest BCUT2D eigenvalue weighted by Gasteiger charge is 2.44. The number of rotatable bonds is 5. The van der Waals surface area contributed by atoms with Crippen molar-refractivity contribution in [3.8, 4) is 0 Å². The molecule has 2 atom stereocenters. The Morgan fingerprint density at radius 3 is 2.75 bits per heavy atom. The number of imide groups is 1. The van der Waals surface area contributed by atoms with Gasteiger partial charge in [0.15, 0.2) is 0 Å². The maximum absolute atomic E-state index is 12.8. The summed E-state index contributed by atoms with van der Waals surface area (Å²) in [6.07, 6.45) is 1.70. The summed E-state index contributed by atoms with van der Waals surface area (Å²) in [4.78, 5) is 39.5. The van der Waals surface area contributed by atoms with E-state index in [1.54, 1.807) is 11.0 Å². The Bertz CT molecular complexity index is 658. The predicted octanol–water partition coefficient (Wildman–Crippen LogP) is 1.61. The van der Waals surface area contributed by atoms with Gasteiger partial charge in [-0.2, -0.15) is 0 Å². The van der Waals surface area contributed by atoms with Gasteiger partial charge in [-0.3, -0.25) is 9.59 Å². The van der Waals surface area contributed by atoms with Gasteiger partial charge in [0.2, 0.25) is 11.8 Å². The molecule has 2 aliphatic rings. The number of hydrogen-bond acceptors (Lipinski definition) is 4. The van der Waals surface area contributed by atoms with Crippen LogP contribution < -0.4 is 0 Å². The van der Waals surface area contributed by atoms with Crippen LogP contribution in [-0.2, 0) is 20.7 Å². The van der Waals surface area contributed by atoms with Crippen LogP contribution in [0.4, 0.5) is 4.79 Å². The minimum Gasteiger partial charge on any atom is -0.447 e. The summed E-state index contributed by atoms with van der Waals surface area (Å²) in [6.45, 7) is 4.55. The number of carbonyl (C=O) groups excluding carboxylic acids is 3. The van der Waals surface area contributed by atoms with Crippen molar-refractivity contribution < 1.29 is 19.1 Å². The number of nitrogens with zero attached hydrogens (tertiary/aromatic N) is 2. The molecule has 2 aliphatic heterocycles. The van der Waals surface area contributed by atoms with Gasteiger partial charge < -0.3 is 9.64 Å². The van der Waals surface area contributed by atoms with Crippen LogP contribution in [0.3, 0.4) is 0 Å². The first-order valence-electron chi connectivity index (χ1n) is 8.02. The summed E-state index contributed by atoms with van der Waals surface area (Å²) in [7, 11) is 0. The number of carbonyl (C=O) groups is 3. The zero-order chi connectivity index (χ0) is 17.1. The number of hydrogen-bond donors (Lipinski definition) is 0. The molecule has 1 unspecified atom stereocenters. The summed E-state index contributed by atoms with van der Waals surface area (Å²) in [5.74, 6) is -0.903. The number of likely N-dealkylation sites (tertiary alicyclic amines) is 1. The van der Waals surface area contributed by atoms with Crippen LogP contribution in [0, 0.1) is 5.92 Å². The lowest BCUT2D eigenvalue weighted by molar-refractivity contribution is -0.134. The fraction of sp³-hybridized carbons (Fsp3) is 0.389. The molecular formula is C18H20N2O4. The van der Waals surface area contributed by atoms with E-state index >= 15 is 0 Å². The van der Waals surface area contributed by atoms with Gasteiger partial charge in [0.25, 0.3) is 0 Å². The number of cyclic esters (lactones) is 1. The van der Waals surface area contributed by atoms with Crippen LogP contribution in [0.15, 0.2) is 43.0 Å². The molecule has 6 nitrogen and oxygen atoms in total. The molecule has 0 bridgehead atoms. The monoisotopic (exact) mass is 328 g/mol. The standard InChI is InChI=1S/C18H20N2O4/c1-2-8-19-11-14(10-16(19)21)17(22)20-15(12-24-18(20)23)9-13-6-4-3-5-7-13/h2-7,14-15H,1,8-12H2/t14?,15-/m0/s1. The van der Waals surface area contributed by atoms with Crippen LogP contribution >= 0.6 is 0 Å². The third-order valence-corrected chi connectivity index (χ3v) is 4.43. The summed E-state index contributed by atoms with van der Waals surface area (Å²) >= 11 is 0.